The highest BCUT2D eigenvalue weighted by Crippen LogP contribution is 2.54. The first-order valence-corrected chi connectivity index (χ1v) is 6.30. The molecule has 0 unspecified atom stereocenters. The van der Waals surface area contributed by atoms with Gasteiger partial charge in [-0.25, -0.2) is 0 Å². The Morgan fingerprint density at radius 3 is 2.65 bits per heavy atom. The molecular formula is C14H18O3. The largest absolute Gasteiger partial charge is 0.458 e. The van der Waals surface area contributed by atoms with E-state index in [2.05, 4.69) is 12.2 Å². The molecule has 3 aliphatic carbocycles. The summed E-state index contributed by atoms with van der Waals surface area (Å²) in [7, 11) is 0. The molecule has 1 N–H and O–H groups in total. The van der Waals surface area contributed by atoms with E-state index in [0.29, 0.717) is 11.8 Å². The third kappa shape index (κ3) is 1.56. The Morgan fingerprint density at radius 2 is 2.00 bits per heavy atom. The number of allylic oxidation sites excluding steroid dienone is 2. The molecule has 3 aliphatic rings. The molecule has 0 aliphatic heterocycles. The lowest BCUT2D eigenvalue weighted by Crippen LogP contribution is -2.43. The molecule has 3 nitrogen and oxygen atoms in total. The molecule has 0 heterocycles. The Bertz CT molecular complexity index is 410. The highest BCUT2D eigenvalue weighted by atomic mass is 16.5. The summed E-state index contributed by atoms with van der Waals surface area (Å²) < 4.78 is 5.47. The van der Waals surface area contributed by atoms with Crippen LogP contribution in [0.2, 0.25) is 0 Å². The highest BCUT2D eigenvalue weighted by Gasteiger charge is 2.53. The van der Waals surface area contributed by atoms with Gasteiger partial charge < -0.3 is 9.84 Å². The van der Waals surface area contributed by atoms with Crippen LogP contribution in [0.15, 0.2) is 23.8 Å². The number of aliphatic hydroxyl groups excluding tert-OH is 1. The van der Waals surface area contributed by atoms with Gasteiger partial charge in [0.25, 0.3) is 0 Å². The van der Waals surface area contributed by atoms with Crippen LogP contribution >= 0.6 is 0 Å². The second-order valence-electron chi connectivity index (χ2n) is 5.53. The van der Waals surface area contributed by atoms with Crippen molar-refractivity contribution < 1.29 is 14.6 Å². The Morgan fingerprint density at radius 1 is 1.35 bits per heavy atom. The molecule has 1 saturated carbocycles. The summed E-state index contributed by atoms with van der Waals surface area (Å²) in [6.45, 7) is 3.40. The van der Waals surface area contributed by atoms with Gasteiger partial charge in [0, 0.05) is 18.8 Å². The number of carbonyl (C=O) groups is 1. The van der Waals surface area contributed by atoms with Gasteiger partial charge in [-0.2, -0.15) is 0 Å². The summed E-state index contributed by atoms with van der Waals surface area (Å²) >= 11 is 0. The zero-order valence-corrected chi connectivity index (χ0v) is 10.2. The predicted molar refractivity (Wildman–Crippen MR) is 63.0 cm³/mol. The van der Waals surface area contributed by atoms with E-state index >= 15 is 0 Å². The van der Waals surface area contributed by atoms with E-state index in [1.807, 2.05) is 13.0 Å². The van der Waals surface area contributed by atoms with Gasteiger partial charge in [-0.15, -0.1) is 0 Å². The van der Waals surface area contributed by atoms with E-state index in [0.717, 1.165) is 12.0 Å². The topological polar surface area (TPSA) is 46.5 Å². The van der Waals surface area contributed by atoms with Crippen LogP contribution in [0.4, 0.5) is 0 Å². The number of esters is 1. The van der Waals surface area contributed by atoms with E-state index in [4.69, 9.17) is 4.74 Å². The Balaban J connectivity index is 1.95. The zero-order valence-electron chi connectivity index (χ0n) is 10.2. The van der Waals surface area contributed by atoms with Crippen LogP contribution in [-0.2, 0) is 9.53 Å². The minimum absolute atomic E-state index is 0.138. The van der Waals surface area contributed by atoms with Gasteiger partial charge in [-0.05, 0) is 30.8 Å². The Labute approximate surface area is 101 Å². The molecule has 0 radical (unpaired) electrons. The highest BCUT2D eigenvalue weighted by molar-refractivity contribution is 5.66. The van der Waals surface area contributed by atoms with Gasteiger partial charge in [-0.1, -0.05) is 18.2 Å². The van der Waals surface area contributed by atoms with Crippen molar-refractivity contribution in [2.24, 2.45) is 23.7 Å². The fraction of sp³-hybridized carbons (Fsp3) is 0.643. The predicted octanol–water partition coefficient (Wildman–Crippen LogP) is 1.68. The van der Waals surface area contributed by atoms with Crippen molar-refractivity contribution in [3.63, 3.8) is 0 Å². The quantitative estimate of drug-likeness (QED) is 0.554. The van der Waals surface area contributed by atoms with Crippen LogP contribution in [-0.4, -0.2) is 23.3 Å². The molecule has 0 aromatic carbocycles. The normalized spacial score (nSPS) is 46.6. The maximum absolute atomic E-state index is 11.2. The minimum Gasteiger partial charge on any atom is -0.458 e. The van der Waals surface area contributed by atoms with E-state index in [1.54, 1.807) is 0 Å². The van der Waals surface area contributed by atoms with Crippen molar-refractivity contribution in [2.75, 3.05) is 0 Å². The van der Waals surface area contributed by atoms with Crippen LogP contribution in [0.5, 0.6) is 0 Å². The molecule has 17 heavy (non-hydrogen) atoms. The molecule has 1 fully saturated rings. The lowest BCUT2D eigenvalue weighted by molar-refractivity contribution is -0.149. The standard InChI is InChI=1S/C14H18O3/c1-7-5-11(16)12-9-3-4-10(6-9)13(12)14(7)17-8(2)15/h3-5,9-14,16H,6H2,1-2H3/t9-,10+,11+,12+,13+,14-/m0/s1. The van der Waals surface area contributed by atoms with E-state index < -0.39 is 0 Å². The SMILES string of the molecule is CC(=O)O[C@H]1C(C)=C[C@@H](O)[C@@H]2[C@H]1[C@@H]1C=C[C@H]2C1. The molecule has 6 atom stereocenters. The van der Waals surface area contributed by atoms with Crippen LogP contribution < -0.4 is 0 Å². The molecule has 0 aromatic rings. The molecule has 2 bridgehead atoms. The number of rotatable bonds is 1. The van der Waals surface area contributed by atoms with E-state index in [-0.39, 0.29) is 30.0 Å². The molecule has 0 aromatic heterocycles. The fourth-order valence-corrected chi connectivity index (χ4v) is 3.94. The van der Waals surface area contributed by atoms with Crippen LogP contribution in [0.3, 0.4) is 0 Å². The first-order chi connectivity index (χ1) is 8.08. The average Bonchev–Trinajstić information content (AvgIpc) is 2.83. The summed E-state index contributed by atoms with van der Waals surface area (Å²) in [4.78, 5) is 11.2. The van der Waals surface area contributed by atoms with Crippen molar-refractivity contribution in [1.29, 1.82) is 0 Å². The van der Waals surface area contributed by atoms with E-state index in [9.17, 15) is 9.90 Å². The maximum Gasteiger partial charge on any atom is 0.303 e. The third-order valence-electron chi connectivity index (χ3n) is 4.50. The number of hydrogen-bond donors (Lipinski definition) is 1. The molecule has 92 valence electrons. The molecule has 0 saturated heterocycles. The fourth-order valence-electron chi connectivity index (χ4n) is 3.94. The molecule has 0 amide bonds. The molecule has 3 heteroatoms. The monoisotopic (exact) mass is 234 g/mol. The van der Waals surface area contributed by atoms with Crippen molar-refractivity contribution in [2.45, 2.75) is 32.5 Å². The number of aliphatic hydroxyl groups is 1. The third-order valence-corrected chi connectivity index (χ3v) is 4.50. The smallest absolute Gasteiger partial charge is 0.303 e. The number of carbonyl (C=O) groups excluding carboxylic acids is 1. The lowest BCUT2D eigenvalue weighted by atomic mass is 9.71. The van der Waals surface area contributed by atoms with Crippen LogP contribution in [0, 0.1) is 23.7 Å². The zero-order chi connectivity index (χ0) is 12.2. The van der Waals surface area contributed by atoms with Crippen molar-refractivity contribution in [1.82, 2.24) is 0 Å². The van der Waals surface area contributed by atoms with Crippen LogP contribution in [0.1, 0.15) is 20.3 Å². The second kappa shape index (κ2) is 3.70. The molecule has 0 spiro atoms. The lowest BCUT2D eigenvalue weighted by Gasteiger charge is -2.40. The van der Waals surface area contributed by atoms with Gasteiger partial charge in [0.05, 0.1) is 6.10 Å². The van der Waals surface area contributed by atoms with Gasteiger partial charge in [0.2, 0.25) is 0 Å². The second-order valence-corrected chi connectivity index (χ2v) is 5.53. The van der Waals surface area contributed by atoms with E-state index in [1.165, 1.54) is 6.92 Å². The minimum atomic E-state index is -0.383. The molecular weight excluding hydrogens is 216 g/mol. The van der Waals surface area contributed by atoms with Crippen molar-refractivity contribution in [3.8, 4) is 0 Å². The first kappa shape index (κ1) is 11.0. The van der Waals surface area contributed by atoms with Gasteiger partial charge in [0.15, 0.2) is 0 Å². The summed E-state index contributed by atoms with van der Waals surface area (Å²) in [5, 5.41) is 10.2. The Kier molecular flexibility index (Phi) is 2.40. The van der Waals surface area contributed by atoms with Gasteiger partial charge in [-0.3, -0.25) is 4.79 Å². The first-order valence-electron chi connectivity index (χ1n) is 6.30. The Hall–Kier alpha value is -1.09. The summed E-state index contributed by atoms with van der Waals surface area (Å²) in [5.41, 5.74) is 0.995. The molecule has 3 rings (SSSR count). The number of fused-ring (bicyclic) bond motifs is 5. The van der Waals surface area contributed by atoms with Gasteiger partial charge in [0.1, 0.15) is 6.10 Å². The summed E-state index contributed by atoms with van der Waals surface area (Å²) in [5.74, 6) is 1.20. The number of ether oxygens (including phenoxy) is 1. The van der Waals surface area contributed by atoms with Crippen molar-refractivity contribution >= 4 is 5.97 Å². The maximum atomic E-state index is 11.2. The summed E-state index contributed by atoms with van der Waals surface area (Å²) in [6.07, 6.45) is 6.89. The number of hydrogen-bond acceptors (Lipinski definition) is 3. The van der Waals surface area contributed by atoms with Crippen molar-refractivity contribution in [3.05, 3.63) is 23.8 Å². The van der Waals surface area contributed by atoms with Gasteiger partial charge >= 0.3 is 5.97 Å². The van der Waals surface area contributed by atoms with Crippen LogP contribution in [0.25, 0.3) is 0 Å². The summed E-state index contributed by atoms with van der Waals surface area (Å²) in [6, 6.07) is 0. The average molecular weight is 234 g/mol.